The van der Waals surface area contributed by atoms with Crippen LogP contribution in [0.2, 0.25) is 0 Å². The number of hydrogen-bond acceptors (Lipinski definition) is 1. The number of benzene rings is 2. The molecule has 1 aliphatic carbocycles. The monoisotopic (exact) mass is 283 g/mol. The molecule has 0 bridgehead atoms. The van der Waals surface area contributed by atoms with Crippen LogP contribution in [0.25, 0.3) is 0 Å². The lowest BCUT2D eigenvalue weighted by atomic mass is 9.98. The normalized spacial score (nSPS) is 21.0. The van der Waals surface area contributed by atoms with Crippen LogP contribution in [0.5, 0.6) is 0 Å². The fraction of sp³-hybridized carbons (Fsp3) is 0.368. The Hall–Kier alpha value is -1.67. The van der Waals surface area contributed by atoms with Gasteiger partial charge in [-0.15, -0.1) is 0 Å². The van der Waals surface area contributed by atoms with Crippen molar-refractivity contribution in [2.24, 2.45) is 11.3 Å². The van der Waals surface area contributed by atoms with Gasteiger partial charge in [-0.05, 0) is 47.6 Å². The van der Waals surface area contributed by atoms with Gasteiger partial charge < -0.3 is 5.32 Å². The molecule has 0 heterocycles. The summed E-state index contributed by atoms with van der Waals surface area (Å²) in [6.45, 7) is 5.63. The summed E-state index contributed by atoms with van der Waals surface area (Å²) >= 11 is 0. The molecular formula is C19H22FN. The standard InChI is InChI=1S/C19H22FN/c1-19(2)12-16(19)13-21-18(14-6-4-3-5-7-14)15-8-10-17(20)11-9-15/h3-11,16,18,21H,12-13H2,1-2H3. The Bertz CT molecular complexity index is 589. The predicted octanol–water partition coefficient (Wildman–Crippen LogP) is 4.55. The summed E-state index contributed by atoms with van der Waals surface area (Å²) in [6, 6.07) is 17.3. The second-order valence-electron chi connectivity index (χ2n) is 6.69. The first-order valence-corrected chi connectivity index (χ1v) is 7.60. The summed E-state index contributed by atoms with van der Waals surface area (Å²) in [6.07, 6.45) is 1.28. The third-order valence-electron chi connectivity index (χ3n) is 4.62. The van der Waals surface area contributed by atoms with Crippen molar-refractivity contribution >= 4 is 0 Å². The van der Waals surface area contributed by atoms with Gasteiger partial charge in [0.1, 0.15) is 5.82 Å². The van der Waals surface area contributed by atoms with Crippen LogP contribution in [-0.2, 0) is 0 Å². The first-order valence-electron chi connectivity index (χ1n) is 7.60. The molecule has 0 radical (unpaired) electrons. The van der Waals surface area contributed by atoms with E-state index in [0.29, 0.717) is 5.41 Å². The van der Waals surface area contributed by atoms with E-state index in [1.165, 1.54) is 24.1 Å². The maximum Gasteiger partial charge on any atom is 0.123 e. The second-order valence-corrected chi connectivity index (χ2v) is 6.69. The molecule has 110 valence electrons. The van der Waals surface area contributed by atoms with E-state index in [9.17, 15) is 4.39 Å². The second kappa shape index (κ2) is 5.61. The van der Waals surface area contributed by atoms with E-state index < -0.39 is 0 Å². The fourth-order valence-corrected chi connectivity index (χ4v) is 2.91. The summed E-state index contributed by atoms with van der Waals surface area (Å²) in [5.41, 5.74) is 2.81. The minimum Gasteiger partial charge on any atom is -0.306 e. The van der Waals surface area contributed by atoms with Gasteiger partial charge in [0.15, 0.2) is 0 Å². The summed E-state index contributed by atoms with van der Waals surface area (Å²) in [5, 5.41) is 3.67. The molecule has 2 atom stereocenters. The van der Waals surface area contributed by atoms with E-state index in [2.05, 4.69) is 43.4 Å². The van der Waals surface area contributed by atoms with Gasteiger partial charge in [0, 0.05) is 0 Å². The van der Waals surface area contributed by atoms with Gasteiger partial charge in [0.2, 0.25) is 0 Å². The Morgan fingerprint density at radius 1 is 1.05 bits per heavy atom. The number of halogens is 1. The summed E-state index contributed by atoms with van der Waals surface area (Å²) in [5.74, 6) is 0.554. The molecule has 2 aromatic rings. The average molecular weight is 283 g/mol. The molecule has 1 nitrogen and oxygen atoms in total. The van der Waals surface area contributed by atoms with E-state index in [-0.39, 0.29) is 11.9 Å². The molecule has 0 spiro atoms. The minimum atomic E-state index is -0.186. The van der Waals surface area contributed by atoms with Gasteiger partial charge in [-0.2, -0.15) is 0 Å². The van der Waals surface area contributed by atoms with Gasteiger partial charge in [-0.3, -0.25) is 0 Å². The zero-order chi connectivity index (χ0) is 14.9. The number of nitrogens with one attached hydrogen (secondary N) is 1. The van der Waals surface area contributed by atoms with Crippen LogP contribution >= 0.6 is 0 Å². The van der Waals surface area contributed by atoms with Gasteiger partial charge in [0.25, 0.3) is 0 Å². The molecular weight excluding hydrogens is 261 g/mol. The molecule has 3 rings (SSSR count). The number of rotatable bonds is 5. The molecule has 1 aliphatic rings. The van der Waals surface area contributed by atoms with Gasteiger partial charge >= 0.3 is 0 Å². The van der Waals surface area contributed by atoms with Crippen molar-refractivity contribution in [1.29, 1.82) is 0 Å². The number of hydrogen-bond donors (Lipinski definition) is 1. The smallest absolute Gasteiger partial charge is 0.123 e. The maximum atomic E-state index is 13.2. The van der Waals surface area contributed by atoms with Crippen LogP contribution in [-0.4, -0.2) is 6.54 Å². The first kappa shape index (κ1) is 14.3. The molecule has 0 saturated heterocycles. The van der Waals surface area contributed by atoms with Crippen molar-refractivity contribution < 1.29 is 4.39 Å². The van der Waals surface area contributed by atoms with Crippen LogP contribution in [0.3, 0.4) is 0 Å². The lowest BCUT2D eigenvalue weighted by molar-refractivity contribution is 0.496. The van der Waals surface area contributed by atoms with Crippen LogP contribution in [0.4, 0.5) is 4.39 Å². The molecule has 0 aromatic heterocycles. The highest BCUT2D eigenvalue weighted by Gasteiger charge is 2.45. The molecule has 21 heavy (non-hydrogen) atoms. The van der Waals surface area contributed by atoms with Crippen molar-refractivity contribution in [2.75, 3.05) is 6.54 Å². The highest BCUT2D eigenvalue weighted by Crippen LogP contribution is 2.51. The summed E-state index contributed by atoms with van der Waals surface area (Å²) in [7, 11) is 0. The molecule has 0 aliphatic heterocycles. The zero-order valence-corrected chi connectivity index (χ0v) is 12.6. The van der Waals surface area contributed by atoms with Crippen molar-refractivity contribution in [1.82, 2.24) is 5.32 Å². The molecule has 1 N–H and O–H groups in total. The largest absolute Gasteiger partial charge is 0.306 e. The van der Waals surface area contributed by atoms with Gasteiger partial charge in [-0.1, -0.05) is 56.3 Å². The maximum absolute atomic E-state index is 13.2. The first-order chi connectivity index (χ1) is 10.1. The molecule has 2 aromatic carbocycles. The quantitative estimate of drug-likeness (QED) is 0.848. The predicted molar refractivity (Wildman–Crippen MR) is 84.6 cm³/mol. The Morgan fingerprint density at radius 3 is 2.19 bits per heavy atom. The zero-order valence-electron chi connectivity index (χ0n) is 12.6. The van der Waals surface area contributed by atoms with Gasteiger partial charge in [0.05, 0.1) is 6.04 Å². The topological polar surface area (TPSA) is 12.0 Å². The van der Waals surface area contributed by atoms with Crippen LogP contribution in [0.1, 0.15) is 37.4 Å². The SMILES string of the molecule is CC1(C)CC1CNC(c1ccccc1)c1ccc(F)cc1. The molecule has 0 amide bonds. The Morgan fingerprint density at radius 2 is 1.62 bits per heavy atom. The highest BCUT2D eigenvalue weighted by atomic mass is 19.1. The summed E-state index contributed by atoms with van der Waals surface area (Å²) in [4.78, 5) is 0. The van der Waals surface area contributed by atoms with Gasteiger partial charge in [-0.25, -0.2) is 4.39 Å². The van der Waals surface area contributed by atoms with E-state index in [4.69, 9.17) is 0 Å². The Labute approximate surface area is 126 Å². The van der Waals surface area contributed by atoms with E-state index in [1.54, 1.807) is 0 Å². The lowest BCUT2D eigenvalue weighted by Gasteiger charge is -2.20. The van der Waals surface area contributed by atoms with Crippen molar-refractivity contribution in [3.63, 3.8) is 0 Å². The molecule has 1 fully saturated rings. The Balaban J connectivity index is 1.79. The van der Waals surface area contributed by atoms with Crippen molar-refractivity contribution in [2.45, 2.75) is 26.3 Å². The Kier molecular flexibility index (Phi) is 3.81. The third-order valence-corrected chi connectivity index (χ3v) is 4.62. The average Bonchev–Trinajstić information content (AvgIpc) is 3.09. The summed E-state index contributed by atoms with van der Waals surface area (Å²) < 4.78 is 13.2. The van der Waals surface area contributed by atoms with Crippen LogP contribution in [0, 0.1) is 17.2 Å². The molecule has 1 saturated carbocycles. The fourth-order valence-electron chi connectivity index (χ4n) is 2.91. The van der Waals surface area contributed by atoms with Crippen molar-refractivity contribution in [3.05, 3.63) is 71.5 Å². The lowest BCUT2D eigenvalue weighted by Crippen LogP contribution is -2.25. The van der Waals surface area contributed by atoms with E-state index >= 15 is 0 Å². The third kappa shape index (κ3) is 3.33. The minimum absolute atomic E-state index is 0.128. The van der Waals surface area contributed by atoms with E-state index in [0.717, 1.165) is 18.0 Å². The molecule has 2 heteroatoms. The van der Waals surface area contributed by atoms with Crippen LogP contribution < -0.4 is 5.32 Å². The molecule has 2 unspecified atom stereocenters. The van der Waals surface area contributed by atoms with Crippen molar-refractivity contribution in [3.8, 4) is 0 Å². The van der Waals surface area contributed by atoms with Crippen LogP contribution in [0.15, 0.2) is 54.6 Å². The highest BCUT2D eigenvalue weighted by molar-refractivity contribution is 5.31. The van der Waals surface area contributed by atoms with E-state index in [1.807, 2.05) is 18.2 Å².